The van der Waals surface area contributed by atoms with E-state index in [-0.39, 0.29) is 17.9 Å². The molecule has 0 aliphatic heterocycles. The summed E-state index contributed by atoms with van der Waals surface area (Å²) in [7, 11) is 0. The van der Waals surface area contributed by atoms with Crippen molar-refractivity contribution in [2.45, 2.75) is 38.6 Å². The Morgan fingerprint density at radius 1 is 1.39 bits per heavy atom. The minimum Gasteiger partial charge on any atom is -0.354 e. The van der Waals surface area contributed by atoms with Crippen LogP contribution >= 0.6 is 0 Å². The predicted octanol–water partition coefficient (Wildman–Crippen LogP) is 1.65. The van der Waals surface area contributed by atoms with E-state index in [0.717, 1.165) is 25.7 Å². The van der Waals surface area contributed by atoms with Gasteiger partial charge in [0, 0.05) is 18.5 Å². The maximum absolute atomic E-state index is 12.1. The molecule has 0 heterocycles. The smallest absolute Gasteiger partial charge is 0.223 e. The summed E-state index contributed by atoms with van der Waals surface area (Å²) in [6.45, 7) is 2.70. The van der Waals surface area contributed by atoms with Crippen LogP contribution in [0.5, 0.6) is 0 Å². The minimum absolute atomic E-state index is 0.0859. The van der Waals surface area contributed by atoms with Crippen LogP contribution in [0.15, 0.2) is 24.3 Å². The number of carbonyl (C=O) groups is 1. The number of hydrogen-bond donors (Lipinski definition) is 2. The number of hydrogen-bond acceptors (Lipinski definition) is 2. The van der Waals surface area contributed by atoms with Crippen LogP contribution in [0.4, 0.5) is 0 Å². The Hall–Kier alpha value is -1.35. The number of rotatable bonds is 5. The Balaban J connectivity index is 1.82. The maximum Gasteiger partial charge on any atom is 0.223 e. The molecule has 1 aromatic carbocycles. The SMILES string of the molecule is CCCC(N)CNC(=O)C1Cc2ccccc2C1. The van der Waals surface area contributed by atoms with Gasteiger partial charge >= 0.3 is 0 Å². The van der Waals surface area contributed by atoms with Gasteiger partial charge in [0.2, 0.25) is 5.91 Å². The zero-order chi connectivity index (χ0) is 13.0. The normalized spacial score (nSPS) is 16.3. The van der Waals surface area contributed by atoms with Crippen molar-refractivity contribution in [1.29, 1.82) is 0 Å². The highest BCUT2D eigenvalue weighted by Gasteiger charge is 2.26. The lowest BCUT2D eigenvalue weighted by Crippen LogP contribution is -2.40. The van der Waals surface area contributed by atoms with E-state index in [2.05, 4.69) is 24.4 Å². The van der Waals surface area contributed by atoms with Crippen LogP contribution in [-0.4, -0.2) is 18.5 Å². The molecule has 2 rings (SSSR count). The third-order valence-corrected chi connectivity index (χ3v) is 3.62. The molecule has 3 heteroatoms. The second kappa shape index (κ2) is 6.01. The second-order valence-electron chi connectivity index (χ2n) is 5.17. The number of nitrogens with one attached hydrogen (secondary N) is 1. The highest BCUT2D eigenvalue weighted by Crippen LogP contribution is 2.26. The van der Waals surface area contributed by atoms with E-state index in [4.69, 9.17) is 5.73 Å². The summed E-state index contributed by atoms with van der Waals surface area (Å²) in [6, 6.07) is 8.39. The Morgan fingerprint density at radius 3 is 2.56 bits per heavy atom. The van der Waals surface area contributed by atoms with Crippen molar-refractivity contribution in [2.75, 3.05) is 6.54 Å². The average Bonchev–Trinajstić information content (AvgIpc) is 2.80. The topological polar surface area (TPSA) is 55.1 Å². The molecule has 18 heavy (non-hydrogen) atoms. The molecule has 3 N–H and O–H groups in total. The molecule has 0 radical (unpaired) electrons. The first kappa shape index (κ1) is 13.1. The standard InChI is InChI=1S/C15H22N2O/c1-2-5-14(16)10-17-15(18)13-8-11-6-3-4-7-12(11)9-13/h3-4,6-7,13-14H,2,5,8-10,16H2,1H3,(H,17,18). The van der Waals surface area contributed by atoms with E-state index in [0.29, 0.717) is 6.54 Å². The number of nitrogens with two attached hydrogens (primary N) is 1. The van der Waals surface area contributed by atoms with Gasteiger partial charge in [0.1, 0.15) is 0 Å². The van der Waals surface area contributed by atoms with Gasteiger partial charge in [-0.05, 0) is 30.4 Å². The quantitative estimate of drug-likeness (QED) is 0.830. The summed E-state index contributed by atoms with van der Waals surface area (Å²) in [6.07, 6.45) is 3.76. The van der Waals surface area contributed by atoms with Crippen LogP contribution in [0.3, 0.4) is 0 Å². The Bertz CT molecular complexity index is 392. The molecule has 1 aliphatic rings. The Morgan fingerprint density at radius 2 is 2.00 bits per heavy atom. The molecule has 1 aliphatic carbocycles. The maximum atomic E-state index is 12.1. The van der Waals surface area contributed by atoms with Crippen LogP contribution in [0, 0.1) is 5.92 Å². The van der Waals surface area contributed by atoms with Gasteiger partial charge in [-0.2, -0.15) is 0 Å². The Labute approximate surface area is 109 Å². The van der Waals surface area contributed by atoms with Crippen molar-refractivity contribution in [1.82, 2.24) is 5.32 Å². The van der Waals surface area contributed by atoms with Crippen molar-refractivity contribution in [3.63, 3.8) is 0 Å². The average molecular weight is 246 g/mol. The van der Waals surface area contributed by atoms with Gasteiger partial charge < -0.3 is 11.1 Å². The van der Waals surface area contributed by atoms with Gasteiger partial charge in [-0.1, -0.05) is 37.6 Å². The Kier molecular flexibility index (Phi) is 4.37. The fourth-order valence-corrected chi connectivity index (χ4v) is 2.59. The molecule has 3 nitrogen and oxygen atoms in total. The number of fused-ring (bicyclic) bond motifs is 1. The van der Waals surface area contributed by atoms with Gasteiger partial charge in [0.15, 0.2) is 0 Å². The third kappa shape index (κ3) is 3.10. The van der Waals surface area contributed by atoms with E-state index in [1.54, 1.807) is 0 Å². The molecular weight excluding hydrogens is 224 g/mol. The van der Waals surface area contributed by atoms with Crippen LogP contribution in [0.2, 0.25) is 0 Å². The van der Waals surface area contributed by atoms with Gasteiger partial charge in [-0.15, -0.1) is 0 Å². The first-order chi connectivity index (χ1) is 8.70. The third-order valence-electron chi connectivity index (χ3n) is 3.62. The number of benzene rings is 1. The second-order valence-corrected chi connectivity index (χ2v) is 5.17. The molecule has 1 aromatic rings. The largest absolute Gasteiger partial charge is 0.354 e. The predicted molar refractivity (Wildman–Crippen MR) is 73.2 cm³/mol. The summed E-state index contributed by atoms with van der Waals surface area (Å²) in [5, 5.41) is 2.98. The molecule has 1 atom stereocenters. The molecule has 98 valence electrons. The van der Waals surface area contributed by atoms with Crippen molar-refractivity contribution < 1.29 is 4.79 Å². The zero-order valence-corrected chi connectivity index (χ0v) is 11.0. The molecule has 0 saturated heterocycles. The van der Waals surface area contributed by atoms with Crippen molar-refractivity contribution in [3.05, 3.63) is 35.4 Å². The molecular formula is C15H22N2O. The van der Waals surface area contributed by atoms with E-state index < -0.39 is 0 Å². The van der Waals surface area contributed by atoms with Crippen molar-refractivity contribution >= 4 is 5.91 Å². The van der Waals surface area contributed by atoms with E-state index in [1.165, 1.54) is 11.1 Å². The van der Waals surface area contributed by atoms with Gasteiger partial charge in [0.05, 0.1) is 0 Å². The molecule has 1 unspecified atom stereocenters. The molecule has 0 spiro atoms. The van der Waals surface area contributed by atoms with Gasteiger partial charge in [-0.3, -0.25) is 4.79 Å². The molecule has 1 amide bonds. The highest BCUT2D eigenvalue weighted by atomic mass is 16.1. The summed E-state index contributed by atoms with van der Waals surface area (Å²) >= 11 is 0. The number of amides is 1. The van der Waals surface area contributed by atoms with E-state index in [9.17, 15) is 4.79 Å². The minimum atomic E-state index is 0.0859. The van der Waals surface area contributed by atoms with Crippen molar-refractivity contribution in [2.24, 2.45) is 11.7 Å². The zero-order valence-electron chi connectivity index (χ0n) is 11.0. The molecule has 0 bridgehead atoms. The lowest BCUT2D eigenvalue weighted by molar-refractivity contribution is -0.124. The molecule has 0 aromatic heterocycles. The monoisotopic (exact) mass is 246 g/mol. The van der Waals surface area contributed by atoms with Crippen molar-refractivity contribution in [3.8, 4) is 0 Å². The summed E-state index contributed by atoms with van der Waals surface area (Å²) in [5.41, 5.74) is 8.53. The van der Waals surface area contributed by atoms with Crippen LogP contribution in [0.1, 0.15) is 30.9 Å². The molecule has 0 fully saturated rings. The molecule has 0 saturated carbocycles. The highest BCUT2D eigenvalue weighted by molar-refractivity contribution is 5.80. The summed E-state index contributed by atoms with van der Waals surface area (Å²) in [5.74, 6) is 0.244. The van der Waals surface area contributed by atoms with Crippen LogP contribution < -0.4 is 11.1 Å². The lowest BCUT2D eigenvalue weighted by atomic mass is 10.1. The first-order valence-electron chi connectivity index (χ1n) is 6.80. The fourth-order valence-electron chi connectivity index (χ4n) is 2.59. The van der Waals surface area contributed by atoms with E-state index in [1.807, 2.05) is 12.1 Å². The van der Waals surface area contributed by atoms with Crippen LogP contribution in [-0.2, 0) is 17.6 Å². The number of carbonyl (C=O) groups excluding carboxylic acids is 1. The van der Waals surface area contributed by atoms with Crippen LogP contribution in [0.25, 0.3) is 0 Å². The summed E-state index contributed by atoms with van der Waals surface area (Å²) < 4.78 is 0. The van der Waals surface area contributed by atoms with E-state index >= 15 is 0 Å². The summed E-state index contributed by atoms with van der Waals surface area (Å²) in [4.78, 5) is 12.1. The fraction of sp³-hybridized carbons (Fsp3) is 0.533. The van der Waals surface area contributed by atoms with Gasteiger partial charge in [0.25, 0.3) is 0 Å². The first-order valence-corrected chi connectivity index (χ1v) is 6.80. The van der Waals surface area contributed by atoms with Gasteiger partial charge in [-0.25, -0.2) is 0 Å². The lowest BCUT2D eigenvalue weighted by Gasteiger charge is -2.14.